The highest BCUT2D eigenvalue weighted by atomic mass is 16.2. The third kappa shape index (κ3) is 4.00. The van der Waals surface area contributed by atoms with Gasteiger partial charge in [-0.2, -0.15) is 0 Å². The van der Waals surface area contributed by atoms with E-state index in [2.05, 4.69) is 24.5 Å². The normalized spacial score (nSPS) is 21.8. The molecule has 0 radical (unpaired) electrons. The van der Waals surface area contributed by atoms with Crippen LogP contribution in [0.5, 0.6) is 0 Å². The van der Waals surface area contributed by atoms with Crippen molar-refractivity contribution in [2.45, 2.75) is 33.2 Å². The second-order valence-electron chi connectivity index (χ2n) is 4.63. The van der Waals surface area contributed by atoms with Gasteiger partial charge in [0.25, 0.3) is 0 Å². The Morgan fingerprint density at radius 3 is 2.71 bits per heavy atom. The molecule has 1 saturated heterocycles. The van der Waals surface area contributed by atoms with Crippen LogP contribution in [0, 0.1) is 5.92 Å². The molecule has 1 aliphatic heterocycles. The Morgan fingerprint density at radius 2 is 2.24 bits per heavy atom. The van der Waals surface area contributed by atoms with Crippen LogP contribution in [0.3, 0.4) is 0 Å². The quantitative estimate of drug-likeness (QED) is 0.710. The average Bonchev–Trinajstić information content (AvgIpc) is 2.35. The Labute approximate surface area is 103 Å². The molecule has 2 amide bonds. The van der Waals surface area contributed by atoms with Gasteiger partial charge in [-0.15, -0.1) is 0 Å². The van der Waals surface area contributed by atoms with E-state index in [-0.39, 0.29) is 24.4 Å². The van der Waals surface area contributed by atoms with E-state index >= 15 is 0 Å². The molecule has 98 valence electrons. The van der Waals surface area contributed by atoms with Gasteiger partial charge in [0.1, 0.15) is 6.04 Å². The molecule has 0 aromatic heterocycles. The van der Waals surface area contributed by atoms with E-state index in [4.69, 9.17) is 0 Å². The van der Waals surface area contributed by atoms with Crippen LogP contribution < -0.4 is 10.6 Å². The van der Waals surface area contributed by atoms with Crippen molar-refractivity contribution in [1.29, 1.82) is 0 Å². The number of likely N-dealkylation sites (N-methyl/N-ethyl adjacent to an activating group) is 1. The van der Waals surface area contributed by atoms with Crippen LogP contribution in [0.2, 0.25) is 0 Å². The molecule has 17 heavy (non-hydrogen) atoms. The number of rotatable bonds is 5. The van der Waals surface area contributed by atoms with Crippen molar-refractivity contribution in [3.8, 4) is 0 Å². The molecule has 2 unspecified atom stereocenters. The lowest BCUT2D eigenvalue weighted by molar-refractivity contribution is -0.135. The van der Waals surface area contributed by atoms with Crippen LogP contribution >= 0.6 is 0 Å². The molecule has 0 aliphatic carbocycles. The summed E-state index contributed by atoms with van der Waals surface area (Å²) in [5.74, 6) is 0.559. The predicted molar refractivity (Wildman–Crippen MR) is 66.5 cm³/mol. The number of nitrogens with one attached hydrogen (secondary N) is 2. The fourth-order valence-electron chi connectivity index (χ4n) is 1.84. The van der Waals surface area contributed by atoms with Crippen molar-refractivity contribution in [1.82, 2.24) is 15.5 Å². The SMILES string of the molecule is CCC(C)CN(CC)C(=O)C1CNC(=O)CN1. The van der Waals surface area contributed by atoms with Gasteiger partial charge in [-0.1, -0.05) is 20.3 Å². The van der Waals surface area contributed by atoms with E-state index < -0.39 is 0 Å². The van der Waals surface area contributed by atoms with Gasteiger partial charge < -0.3 is 10.2 Å². The average molecular weight is 241 g/mol. The minimum absolute atomic E-state index is 0.0426. The summed E-state index contributed by atoms with van der Waals surface area (Å²) in [6.07, 6.45) is 1.07. The van der Waals surface area contributed by atoms with Gasteiger partial charge >= 0.3 is 0 Å². The number of amides is 2. The molecule has 0 spiro atoms. The summed E-state index contributed by atoms with van der Waals surface area (Å²) in [5, 5.41) is 5.68. The zero-order valence-electron chi connectivity index (χ0n) is 11.0. The van der Waals surface area contributed by atoms with Crippen molar-refractivity contribution in [3.05, 3.63) is 0 Å². The van der Waals surface area contributed by atoms with Gasteiger partial charge in [0, 0.05) is 19.6 Å². The number of hydrogen-bond acceptors (Lipinski definition) is 3. The number of piperazine rings is 1. The number of carbonyl (C=O) groups excluding carboxylic acids is 2. The zero-order valence-corrected chi connectivity index (χ0v) is 11.0. The van der Waals surface area contributed by atoms with Gasteiger partial charge in [-0.25, -0.2) is 0 Å². The van der Waals surface area contributed by atoms with Crippen molar-refractivity contribution in [2.24, 2.45) is 5.92 Å². The van der Waals surface area contributed by atoms with Gasteiger partial charge in [0.2, 0.25) is 11.8 Å². The molecule has 2 N–H and O–H groups in total. The van der Waals surface area contributed by atoms with Crippen molar-refractivity contribution >= 4 is 11.8 Å². The Bertz CT molecular complexity index is 271. The summed E-state index contributed by atoms with van der Waals surface area (Å²) in [6, 6.07) is -0.267. The molecular weight excluding hydrogens is 218 g/mol. The van der Waals surface area contributed by atoms with E-state index in [9.17, 15) is 9.59 Å². The first-order chi connectivity index (χ1) is 8.08. The fraction of sp³-hybridized carbons (Fsp3) is 0.833. The standard InChI is InChI=1S/C12H23N3O2/c1-4-9(3)8-15(5-2)12(17)10-6-14-11(16)7-13-10/h9-10,13H,4-8H2,1-3H3,(H,14,16). The fourth-order valence-corrected chi connectivity index (χ4v) is 1.84. The molecular formula is C12H23N3O2. The first-order valence-corrected chi connectivity index (χ1v) is 6.37. The lowest BCUT2D eigenvalue weighted by Gasteiger charge is -2.30. The summed E-state index contributed by atoms with van der Waals surface area (Å²) in [7, 11) is 0. The third-order valence-electron chi connectivity index (χ3n) is 3.23. The highest BCUT2D eigenvalue weighted by Crippen LogP contribution is 2.06. The first-order valence-electron chi connectivity index (χ1n) is 6.37. The molecule has 5 heteroatoms. The number of nitrogens with zero attached hydrogens (tertiary/aromatic N) is 1. The largest absolute Gasteiger partial charge is 0.353 e. The van der Waals surface area contributed by atoms with Gasteiger partial charge in [0.15, 0.2) is 0 Å². The molecule has 0 aromatic rings. The lowest BCUT2D eigenvalue weighted by Crippen LogP contribution is -2.59. The molecule has 0 saturated carbocycles. The first kappa shape index (κ1) is 14.0. The van der Waals surface area contributed by atoms with Crippen LogP contribution in [0.15, 0.2) is 0 Å². The van der Waals surface area contributed by atoms with Crippen LogP contribution in [-0.2, 0) is 9.59 Å². The van der Waals surface area contributed by atoms with E-state index in [0.717, 1.165) is 19.5 Å². The van der Waals surface area contributed by atoms with E-state index in [1.165, 1.54) is 0 Å². The van der Waals surface area contributed by atoms with Gasteiger partial charge in [0.05, 0.1) is 6.54 Å². The predicted octanol–water partition coefficient (Wildman–Crippen LogP) is -0.0310. The molecule has 1 fully saturated rings. The third-order valence-corrected chi connectivity index (χ3v) is 3.23. The van der Waals surface area contributed by atoms with Crippen molar-refractivity contribution < 1.29 is 9.59 Å². The second kappa shape index (κ2) is 6.59. The molecule has 1 aliphatic rings. The highest BCUT2D eigenvalue weighted by molar-refractivity contribution is 5.86. The minimum Gasteiger partial charge on any atom is -0.353 e. The second-order valence-corrected chi connectivity index (χ2v) is 4.63. The molecule has 0 aromatic carbocycles. The van der Waals surface area contributed by atoms with E-state index in [1.54, 1.807) is 0 Å². The molecule has 1 rings (SSSR count). The Hall–Kier alpha value is -1.10. The summed E-state index contributed by atoms with van der Waals surface area (Å²) in [6.45, 7) is 8.40. The molecule has 5 nitrogen and oxygen atoms in total. The van der Waals surface area contributed by atoms with Crippen molar-refractivity contribution in [2.75, 3.05) is 26.2 Å². The summed E-state index contributed by atoms with van der Waals surface area (Å²) in [5.41, 5.74) is 0. The van der Waals surface area contributed by atoms with E-state index in [1.807, 2.05) is 11.8 Å². The van der Waals surface area contributed by atoms with Crippen LogP contribution in [0.4, 0.5) is 0 Å². The van der Waals surface area contributed by atoms with Crippen LogP contribution in [-0.4, -0.2) is 48.9 Å². The molecule has 0 bridgehead atoms. The Kier molecular flexibility index (Phi) is 5.41. The van der Waals surface area contributed by atoms with Crippen molar-refractivity contribution in [3.63, 3.8) is 0 Å². The summed E-state index contributed by atoms with van der Waals surface area (Å²) in [4.78, 5) is 25.1. The number of hydrogen-bond donors (Lipinski definition) is 2. The molecule has 1 heterocycles. The number of carbonyl (C=O) groups is 2. The van der Waals surface area contributed by atoms with E-state index in [0.29, 0.717) is 12.5 Å². The minimum atomic E-state index is -0.267. The maximum Gasteiger partial charge on any atom is 0.241 e. The lowest BCUT2D eigenvalue weighted by atomic mass is 10.1. The topological polar surface area (TPSA) is 61.4 Å². The molecule has 2 atom stereocenters. The van der Waals surface area contributed by atoms with Gasteiger partial charge in [-0.3, -0.25) is 14.9 Å². The summed E-state index contributed by atoms with van der Waals surface area (Å²) >= 11 is 0. The van der Waals surface area contributed by atoms with Crippen LogP contribution in [0.1, 0.15) is 27.2 Å². The Morgan fingerprint density at radius 1 is 1.53 bits per heavy atom. The highest BCUT2D eigenvalue weighted by Gasteiger charge is 2.27. The zero-order chi connectivity index (χ0) is 12.8. The smallest absolute Gasteiger partial charge is 0.241 e. The monoisotopic (exact) mass is 241 g/mol. The Balaban J connectivity index is 2.50. The van der Waals surface area contributed by atoms with Crippen LogP contribution in [0.25, 0.3) is 0 Å². The maximum absolute atomic E-state index is 12.2. The maximum atomic E-state index is 12.2. The van der Waals surface area contributed by atoms with Gasteiger partial charge in [-0.05, 0) is 12.8 Å². The summed E-state index contributed by atoms with van der Waals surface area (Å²) < 4.78 is 0.